The van der Waals surface area contributed by atoms with Crippen molar-refractivity contribution in [1.29, 1.82) is 0 Å². The summed E-state index contributed by atoms with van der Waals surface area (Å²) >= 11 is 0. The van der Waals surface area contributed by atoms with Crippen LogP contribution in [0.5, 0.6) is 0 Å². The molecular weight excluding hydrogens is 262 g/mol. The first-order valence-corrected chi connectivity index (χ1v) is 6.03. The van der Waals surface area contributed by atoms with Gasteiger partial charge in [0.25, 0.3) is 5.56 Å². The van der Waals surface area contributed by atoms with Crippen molar-refractivity contribution in [2.24, 2.45) is 0 Å². The van der Waals surface area contributed by atoms with Crippen LogP contribution in [-0.4, -0.2) is 9.78 Å². The largest absolute Gasteiger partial charge is 0.274 e. The molecule has 1 heterocycles. The molecule has 20 heavy (non-hydrogen) atoms. The zero-order valence-corrected chi connectivity index (χ0v) is 10.4. The van der Waals surface area contributed by atoms with Crippen molar-refractivity contribution >= 4 is 10.8 Å². The lowest BCUT2D eigenvalue weighted by Gasteiger charge is -2.06. The summed E-state index contributed by atoms with van der Waals surface area (Å²) in [6, 6.07) is 10.2. The van der Waals surface area contributed by atoms with Crippen LogP contribution in [0.25, 0.3) is 10.8 Å². The van der Waals surface area contributed by atoms with E-state index in [4.69, 9.17) is 0 Å². The van der Waals surface area contributed by atoms with Gasteiger partial charge in [0.2, 0.25) is 0 Å². The van der Waals surface area contributed by atoms with Crippen LogP contribution in [0.2, 0.25) is 0 Å². The normalized spacial score (nSPS) is 10.9. The van der Waals surface area contributed by atoms with Crippen molar-refractivity contribution in [2.45, 2.75) is 6.54 Å². The summed E-state index contributed by atoms with van der Waals surface area (Å²) in [7, 11) is 0. The highest BCUT2D eigenvalue weighted by Gasteiger charge is 2.06. The Morgan fingerprint density at radius 1 is 1.05 bits per heavy atom. The zero-order chi connectivity index (χ0) is 14.1. The molecule has 0 saturated heterocycles. The van der Waals surface area contributed by atoms with E-state index in [0.717, 1.165) is 11.5 Å². The highest BCUT2D eigenvalue weighted by Crippen LogP contribution is 2.10. The number of rotatable bonds is 2. The lowest BCUT2D eigenvalue weighted by Crippen LogP contribution is -2.23. The summed E-state index contributed by atoms with van der Waals surface area (Å²) in [6.45, 7) is 0.0261. The molecule has 0 spiro atoms. The predicted molar refractivity (Wildman–Crippen MR) is 71.5 cm³/mol. The van der Waals surface area contributed by atoms with E-state index < -0.39 is 11.6 Å². The van der Waals surface area contributed by atoms with Crippen molar-refractivity contribution in [1.82, 2.24) is 9.78 Å². The van der Waals surface area contributed by atoms with Gasteiger partial charge in [-0.2, -0.15) is 5.10 Å². The van der Waals surface area contributed by atoms with Crippen LogP contribution < -0.4 is 5.56 Å². The molecule has 0 saturated carbocycles. The van der Waals surface area contributed by atoms with Crippen molar-refractivity contribution in [3.05, 3.63) is 76.2 Å². The fourth-order valence-corrected chi connectivity index (χ4v) is 2.12. The number of hydrogen-bond donors (Lipinski definition) is 0. The molecule has 0 fully saturated rings. The Morgan fingerprint density at radius 3 is 2.50 bits per heavy atom. The molecule has 1 aromatic heterocycles. The molecule has 3 nitrogen and oxygen atoms in total. The number of fused-ring (bicyclic) bond motifs is 1. The number of benzene rings is 2. The molecule has 0 amide bonds. The van der Waals surface area contributed by atoms with Gasteiger partial charge >= 0.3 is 0 Å². The monoisotopic (exact) mass is 272 g/mol. The first-order valence-electron chi connectivity index (χ1n) is 6.03. The molecular formula is C15H10F2N2O. The summed E-state index contributed by atoms with van der Waals surface area (Å²) in [4.78, 5) is 12.2. The highest BCUT2D eigenvalue weighted by atomic mass is 19.1. The summed E-state index contributed by atoms with van der Waals surface area (Å²) in [5.41, 5.74) is 0.0696. The number of hydrogen-bond acceptors (Lipinski definition) is 2. The number of nitrogens with zero attached hydrogens (tertiary/aromatic N) is 2. The second kappa shape index (κ2) is 4.85. The standard InChI is InChI=1S/C15H10F2N2O/c16-12-5-10(6-13(17)7-12)9-19-15(20)14-4-2-1-3-11(14)8-18-19/h1-8H,9H2. The van der Waals surface area contributed by atoms with E-state index in [-0.39, 0.29) is 12.1 Å². The van der Waals surface area contributed by atoms with Crippen LogP contribution in [0.4, 0.5) is 8.78 Å². The van der Waals surface area contributed by atoms with Gasteiger partial charge in [-0.3, -0.25) is 4.79 Å². The maximum atomic E-state index is 13.1. The topological polar surface area (TPSA) is 34.9 Å². The van der Waals surface area contributed by atoms with Crippen molar-refractivity contribution < 1.29 is 8.78 Å². The third-order valence-corrected chi connectivity index (χ3v) is 3.02. The maximum absolute atomic E-state index is 13.1. The molecule has 0 unspecified atom stereocenters. The quantitative estimate of drug-likeness (QED) is 0.719. The van der Waals surface area contributed by atoms with Gasteiger partial charge < -0.3 is 0 Å². The zero-order valence-electron chi connectivity index (χ0n) is 10.4. The van der Waals surface area contributed by atoms with Gasteiger partial charge in [-0.25, -0.2) is 13.5 Å². The summed E-state index contributed by atoms with van der Waals surface area (Å²) in [5, 5.41) is 5.28. The lowest BCUT2D eigenvalue weighted by atomic mass is 10.2. The maximum Gasteiger partial charge on any atom is 0.274 e. The minimum Gasteiger partial charge on any atom is -0.267 e. The third-order valence-electron chi connectivity index (χ3n) is 3.02. The minimum atomic E-state index is -0.672. The van der Waals surface area contributed by atoms with Gasteiger partial charge in [0, 0.05) is 11.5 Å². The van der Waals surface area contributed by atoms with Gasteiger partial charge in [-0.05, 0) is 23.8 Å². The number of aromatic nitrogens is 2. The SMILES string of the molecule is O=c1c2ccccc2cnn1Cc1cc(F)cc(F)c1. The van der Waals surface area contributed by atoms with E-state index in [1.165, 1.54) is 16.8 Å². The van der Waals surface area contributed by atoms with Crippen molar-refractivity contribution in [3.63, 3.8) is 0 Å². The second-order valence-electron chi connectivity index (χ2n) is 4.47. The third kappa shape index (κ3) is 2.30. The molecule has 2 aromatic carbocycles. The van der Waals surface area contributed by atoms with Crippen LogP contribution in [0.3, 0.4) is 0 Å². The van der Waals surface area contributed by atoms with Crippen LogP contribution in [0.1, 0.15) is 5.56 Å². The van der Waals surface area contributed by atoms with E-state index in [1.807, 2.05) is 6.07 Å². The predicted octanol–water partition coefficient (Wildman–Crippen LogP) is 2.72. The fraction of sp³-hybridized carbons (Fsp3) is 0.0667. The molecule has 0 aliphatic heterocycles. The lowest BCUT2D eigenvalue weighted by molar-refractivity contribution is 0.571. The van der Waals surface area contributed by atoms with Crippen molar-refractivity contribution in [2.75, 3.05) is 0 Å². The Balaban J connectivity index is 2.07. The molecule has 0 atom stereocenters. The molecule has 3 aromatic rings. The Labute approximate surface area is 113 Å². The molecule has 0 bridgehead atoms. The summed E-state index contributed by atoms with van der Waals surface area (Å²) in [6.07, 6.45) is 1.56. The second-order valence-corrected chi connectivity index (χ2v) is 4.47. The Hall–Kier alpha value is -2.56. The Morgan fingerprint density at radius 2 is 1.75 bits per heavy atom. The fourth-order valence-electron chi connectivity index (χ4n) is 2.12. The van der Waals surface area contributed by atoms with E-state index in [0.29, 0.717) is 10.9 Å². The van der Waals surface area contributed by atoms with Crippen LogP contribution in [0.15, 0.2) is 53.5 Å². The van der Waals surface area contributed by atoms with Gasteiger partial charge in [-0.15, -0.1) is 0 Å². The highest BCUT2D eigenvalue weighted by molar-refractivity contribution is 5.80. The summed E-state index contributed by atoms with van der Waals surface area (Å²) < 4.78 is 27.5. The molecule has 0 radical (unpaired) electrons. The van der Waals surface area contributed by atoms with Gasteiger partial charge in [-0.1, -0.05) is 18.2 Å². The van der Waals surface area contributed by atoms with Gasteiger partial charge in [0.05, 0.1) is 18.1 Å². The average Bonchev–Trinajstić information content (AvgIpc) is 2.41. The van der Waals surface area contributed by atoms with E-state index in [1.54, 1.807) is 24.4 Å². The minimum absolute atomic E-state index is 0.0261. The molecule has 5 heteroatoms. The van der Waals surface area contributed by atoms with Gasteiger partial charge in [0.1, 0.15) is 11.6 Å². The van der Waals surface area contributed by atoms with Crippen molar-refractivity contribution in [3.8, 4) is 0 Å². The molecule has 0 aliphatic rings. The first-order chi connectivity index (χ1) is 9.63. The molecule has 0 aliphatic carbocycles. The van der Waals surface area contributed by atoms with Crippen LogP contribution in [-0.2, 0) is 6.54 Å². The smallest absolute Gasteiger partial charge is 0.267 e. The van der Waals surface area contributed by atoms with Crippen LogP contribution >= 0.6 is 0 Å². The number of halogens is 2. The molecule has 0 N–H and O–H groups in total. The first kappa shape index (κ1) is 12.5. The van der Waals surface area contributed by atoms with E-state index in [2.05, 4.69) is 5.10 Å². The summed E-state index contributed by atoms with van der Waals surface area (Å²) in [5.74, 6) is -1.34. The Bertz CT molecular complexity index is 822. The van der Waals surface area contributed by atoms with E-state index in [9.17, 15) is 13.6 Å². The molecule has 100 valence electrons. The molecule has 3 rings (SSSR count). The van der Waals surface area contributed by atoms with Gasteiger partial charge in [0.15, 0.2) is 0 Å². The van der Waals surface area contributed by atoms with E-state index >= 15 is 0 Å². The Kier molecular flexibility index (Phi) is 3.02. The average molecular weight is 272 g/mol. The van der Waals surface area contributed by atoms with Crippen LogP contribution in [0, 0.1) is 11.6 Å².